The fourth-order valence-electron chi connectivity index (χ4n) is 1.19. The van der Waals surface area contributed by atoms with Crippen molar-refractivity contribution in [3.63, 3.8) is 0 Å². The molecule has 0 fully saturated rings. The van der Waals surface area contributed by atoms with Crippen LogP contribution in [0.2, 0.25) is 0 Å². The smallest absolute Gasteiger partial charge is 0.0935 e. The van der Waals surface area contributed by atoms with Gasteiger partial charge in [-0.15, -0.1) is 0 Å². The van der Waals surface area contributed by atoms with Crippen LogP contribution in [0.15, 0.2) is 23.0 Å². The summed E-state index contributed by atoms with van der Waals surface area (Å²) in [7, 11) is 0. The molecule has 74 valence electrons. The van der Waals surface area contributed by atoms with Crippen LogP contribution in [0.5, 0.6) is 0 Å². The first kappa shape index (κ1) is 10.3. The highest BCUT2D eigenvalue weighted by molar-refractivity contribution is 5.06. The van der Waals surface area contributed by atoms with Crippen molar-refractivity contribution in [2.45, 2.75) is 25.8 Å². The zero-order valence-electron chi connectivity index (χ0n) is 8.03. The Morgan fingerprint density at radius 1 is 1.62 bits per heavy atom. The maximum absolute atomic E-state index is 5.88. The molecule has 0 radical (unpaired) electrons. The summed E-state index contributed by atoms with van der Waals surface area (Å²) in [6, 6.07) is 2.12. The van der Waals surface area contributed by atoms with Gasteiger partial charge in [0.2, 0.25) is 0 Å². The Balaban J connectivity index is 2.14. The monoisotopic (exact) mass is 183 g/mol. The third kappa shape index (κ3) is 4.10. The SMILES string of the molecule is CCOCCC(N)Cc1ccoc1. The van der Waals surface area contributed by atoms with Crippen molar-refractivity contribution in [3.05, 3.63) is 24.2 Å². The maximum atomic E-state index is 5.88. The second-order valence-corrected chi connectivity index (χ2v) is 3.08. The lowest BCUT2D eigenvalue weighted by atomic mass is 10.1. The molecule has 2 N–H and O–H groups in total. The molecule has 0 saturated heterocycles. The first-order valence-electron chi connectivity index (χ1n) is 4.67. The Bertz CT molecular complexity index is 209. The van der Waals surface area contributed by atoms with Gasteiger partial charge in [0, 0.05) is 19.3 Å². The van der Waals surface area contributed by atoms with Crippen molar-refractivity contribution >= 4 is 0 Å². The first-order valence-corrected chi connectivity index (χ1v) is 4.67. The molecule has 0 aliphatic carbocycles. The minimum Gasteiger partial charge on any atom is -0.472 e. The van der Waals surface area contributed by atoms with Crippen molar-refractivity contribution in [1.82, 2.24) is 0 Å². The van der Waals surface area contributed by atoms with Gasteiger partial charge < -0.3 is 14.9 Å². The third-order valence-corrected chi connectivity index (χ3v) is 1.92. The Labute approximate surface area is 78.9 Å². The molecule has 0 saturated carbocycles. The number of furan rings is 1. The van der Waals surface area contributed by atoms with Gasteiger partial charge in [0.15, 0.2) is 0 Å². The van der Waals surface area contributed by atoms with Crippen LogP contribution in [-0.2, 0) is 11.2 Å². The molecule has 1 aromatic heterocycles. The van der Waals surface area contributed by atoms with E-state index in [1.807, 2.05) is 13.0 Å². The van der Waals surface area contributed by atoms with Crippen LogP contribution >= 0.6 is 0 Å². The topological polar surface area (TPSA) is 48.4 Å². The number of hydrogen-bond acceptors (Lipinski definition) is 3. The van der Waals surface area contributed by atoms with Crippen LogP contribution < -0.4 is 5.73 Å². The van der Waals surface area contributed by atoms with Crippen molar-refractivity contribution in [2.75, 3.05) is 13.2 Å². The van der Waals surface area contributed by atoms with E-state index in [1.165, 1.54) is 0 Å². The highest BCUT2D eigenvalue weighted by Gasteiger charge is 2.04. The van der Waals surface area contributed by atoms with Gasteiger partial charge in [-0.2, -0.15) is 0 Å². The van der Waals surface area contributed by atoms with E-state index in [0.717, 1.165) is 31.6 Å². The summed E-state index contributed by atoms with van der Waals surface area (Å²) < 4.78 is 10.2. The molecule has 3 heteroatoms. The minimum absolute atomic E-state index is 0.171. The lowest BCUT2D eigenvalue weighted by Crippen LogP contribution is -2.24. The molecule has 1 heterocycles. The summed E-state index contributed by atoms with van der Waals surface area (Å²) in [6.45, 7) is 3.50. The summed E-state index contributed by atoms with van der Waals surface area (Å²) in [5, 5.41) is 0. The van der Waals surface area contributed by atoms with E-state index < -0.39 is 0 Å². The molecule has 3 nitrogen and oxygen atoms in total. The fourth-order valence-corrected chi connectivity index (χ4v) is 1.19. The van der Waals surface area contributed by atoms with Gasteiger partial charge >= 0.3 is 0 Å². The fraction of sp³-hybridized carbons (Fsp3) is 0.600. The maximum Gasteiger partial charge on any atom is 0.0935 e. The number of rotatable bonds is 6. The number of ether oxygens (including phenoxy) is 1. The Kier molecular flexibility index (Phi) is 4.57. The summed E-state index contributed by atoms with van der Waals surface area (Å²) >= 11 is 0. The molecule has 1 unspecified atom stereocenters. The van der Waals surface area contributed by atoms with E-state index in [0.29, 0.717) is 0 Å². The third-order valence-electron chi connectivity index (χ3n) is 1.92. The molecule has 0 aliphatic rings. The van der Waals surface area contributed by atoms with Crippen LogP contribution in [-0.4, -0.2) is 19.3 Å². The quantitative estimate of drug-likeness (QED) is 0.681. The van der Waals surface area contributed by atoms with E-state index in [9.17, 15) is 0 Å². The largest absolute Gasteiger partial charge is 0.472 e. The van der Waals surface area contributed by atoms with Gasteiger partial charge in [0.1, 0.15) is 0 Å². The minimum atomic E-state index is 0.171. The Morgan fingerprint density at radius 2 is 2.46 bits per heavy atom. The summed E-state index contributed by atoms with van der Waals surface area (Å²) in [6.07, 6.45) is 5.17. The molecule has 0 aromatic carbocycles. The van der Waals surface area contributed by atoms with Crippen LogP contribution in [0.3, 0.4) is 0 Å². The molecule has 0 spiro atoms. The Hall–Kier alpha value is -0.800. The lowest BCUT2D eigenvalue weighted by Gasteiger charge is -2.09. The van der Waals surface area contributed by atoms with Gasteiger partial charge in [-0.3, -0.25) is 0 Å². The van der Waals surface area contributed by atoms with Gasteiger partial charge in [0.25, 0.3) is 0 Å². The average Bonchev–Trinajstić information content (AvgIpc) is 2.57. The van der Waals surface area contributed by atoms with Crippen LogP contribution in [0.25, 0.3) is 0 Å². The van der Waals surface area contributed by atoms with Gasteiger partial charge in [0.05, 0.1) is 12.5 Å². The van der Waals surface area contributed by atoms with Crippen LogP contribution in [0.4, 0.5) is 0 Å². The zero-order valence-corrected chi connectivity index (χ0v) is 8.03. The lowest BCUT2D eigenvalue weighted by molar-refractivity contribution is 0.140. The van der Waals surface area contributed by atoms with E-state index in [4.69, 9.17) is 14.9 Å². The number of hydrogen-bond donors (Lipinski definition) is 1. The zero-order chi connectivity index (χ0) is 9.52. The van der Waals surface area contributed by atoms with Gasteiger partial charge in [-0.25, -0.2) is 0 Å². The van der Waals surface area contributed by atoms with E-state index in [1.54, 1.807) is 12.5 Å². The van der Waals surface area contributed by atoms with Gasteiger partial charge in [-0.05, 0) is 31.4 Å². The predicted molar refractivity (Wildman–Crippen MR) is 51.5 cm³/mol. The summed E-state index contributed by atoms with van der Waals surface area (Å²) in [5.74, 6) is 0. The molecule has 0 bridgehead atoms. The summed E-state index contributed by atoms with van der Waals surface area (Å²) in [4.78, 5) is 0. The highest BCUT2D eigenvalue weighted by atomic mass is 16.5. The second kappa shape index (κ2) is 5.78. The molecule has 1 rings (SSSR count). The summed E-state index contributed by atoms with van der Waals surface area (Å²) in [5.41, 5.74) is 7.04. The highest BCUT2D eigenvalue weighted by Crippen LogP contribution is 2.04. The van der Waals surface area contributed by atoms with Gasteiger partial charge in [-0.1, -0.05) is 0 Å². The van der Waals surface area contributed by atoms with Crippen molar-refractivity contribution in [3.8, 4) is 0 Å². The van der Waals surface area contributed by atoms with Crippen molar-refractivity contribution < 1.29 is 9.15 Å². The van der Waals surface area contributed by atoms with Crippen molar-refractivity contribution in [2.24, 2.45) is 5.73 Å². The molecule has 1 aromatic rings. The van der Waals surface area contributed by atoms with Crippen LogP contribution in [0.1, 0.15) is 18.9 Å². The average molecular weight is 183 g/mol. The molecular formula is C10H17NO2. The van der Waals surface area contributed by atoms with E-state index >= 15 is 0 Å². The predicted octanol–water partition coefficient (Wildman–Crippen LogP) is 1.58. The number of nitrogens with two attached hydrogens (primary N) is 1. The van der Waals surface area contributed by atoms with E-state index in [-0.39, 0.29) is 6.04 Å². The normalized spacial score (nSPS) is 13.1. The molecule has 1 atom stereocenters. The first-order chi connectivity index (χ1) is 6.33. The molecule has 0 aliphatic heterocycles. The molecule has 13 heavy (non-hydrogen) atoms. The van der Waals surface area contributed by atoms with Crippen LogP contribution in [0, 0.1) is 0 Å². The standard InChI is InChI=1S/C10H17NO2/c1-2-12-6-4-10(11)7-9-3-5-13-8-9/h3,5,8,10H,2,4,6-7,11H2,1H3. The van der Waals surface area contributed by atoms with Crippen molar-refractivity contribution in [1.29, 1.82) is 0 Å². The Morgan fingerprint density at radius 3 is 3.08 bits per heavy atom. The van der Waals surface area contributed by atoms with E-state index in [2.05, 4.69) is 0 Å². The molecule has 0 amide bonds. The second-order valence-electron chi connectivity index (χ2n) is 3.08. The molecular weight excluding hydrogens is 166 g/mol.